The number of H-pyrrole nitrogens is 2. The van der Waals surface area contributed by atoms with Crippen LogP contribution in [0.3, 0.4) is 0 Å². The predicted molar refractivity (Wildman–Crippen MR) is 195 cm³/mol. The van der Waals surface area contributed by atoms with Crippen LogP contribution in [0.5, 0.6) is 0 Å². The highest BCUT2D eigenvalue weighted by Crippen LogP contribution is 2.38. The van der Waals surface area contributed by atoms with Crippen molar-refractivity contribution in [2.24, 2.45) is 11.8 Å². The van der Waals surface area contributed by atoms with Crippen molar-refractivity contribution in [2.45, 2.75) is 25.7 Å². The number of nitrogens with zero attached hydrogens (tertiary/aromatic N) is 6. The highest BCUT2D eigenvalue weighted by atomic mass is 79.9. The molecule has 6 aromatic heterocycles. The number of nitrogens with one attached hydrogen (secondary N) is 4. The lowest BCUT2D eigenvalue weighted by Crippen LogP contribution is -2.13. The van der Waals surface area contributed by atoms with Gasteiger partial charge >= 0.3 is 0 Å². The molecular weight excluding hydrogens is 736 g/mol. The summed E-state index contributed by atoms with van der Waals surface area (Å²) in [6.07, 6.45) is 14.2. The predicted octanol–water partition coefficient (Wildman–Crippen LogP) is 7.08. The van der Waals surface area contributed by atoms with Gasteiger partial charge in [-0.05, 0) is 65.9 Å². The maximum absolute atomic E-state index is 14.3. The van der Waals surface area contributed by atoms with Gasteiger partial charge in [-0.2, -0.15) is 10.2 Å². The van der Waals surface area contributed by atoms with Crippen LogP contribution in [0.1, 0.15) is 25.7 Å². The normalized spacial score (nSPS) is 14.2. The third-order valence-electron chi connectivity index (χ3n) is 9.25. The van der Waals surface area contributed by atoms with Crippen LogP contribution in [0.2, 0.25) is 0 Å². The lowest BCUT2D eigenvalue weighted by molar-refractivity contribution is -0.118. The number of hydrogen-bond acceptors (Lipinski definition) is 7. The zero-order valence-electron chi connectivity index (χ0n) is 27.1. The van der Waals surface area contributed by atoms with Crippen molar-refractivity contribution in [3.8, 4) is 22.3 Å². The maximum atomic E-state index is 14.3. The number of carbonyl (C=O) groups excluding carboxylic acids is 2. The molecule has 10 rings (SSSR count). The van der Waals surface area contributed by atoms with Crippen LogP contribution in [0.15, 0.2) is 78.1 Å². The van der Waals surface area contributed by atoms with Gasteiger partial charge in [0.1, 0.15) is 22.9 Å². The fraction of sp³-hybridized carbons (Fsp3) is 0.167. The molecule has 0 bridgehead atoms. The molecule has 6 heterocycles. The fourth-order valence-corrected chi connectivity index (χ4v) is 6.81. The van der Waals surface area contributed by atoms with Crippen molar-refractivity contribution in [1.29, 1.82) is 0 Å². The van der Waals surface area contributed by atoms with E-state index in [-0.39, 0.29) is 35.2 Å². The fourth-order valence-electron chi connectivity index (χ4n) is 6.25. The number of benzene rings is 2. The van der Waals surface area contributed by atoms with Crippen LogP contribution < -0.4 is 16.4 Å². The number of nitrogens with two attached hydrogens (primary N) is 1. The maximum Gasteiger partial charge on any atom is 0.228 e. The summed E-state index contributed by atoms with van der Waals surface area (Å²) in [5.41, 5.74) is 11.5. The molecular formula is C36H28BrF2N11O2. The molecule has 16 heteroatoms. The van der Waals surface area contributed by atoms with Gasteiger partial charge in [0.15, 0.2) is 11.6 Å². The highest BCUT2D eigenvalue weighted by Gasteiger charge is 2.31. The summed E-state index contributed by atoms with van der Waals surface area (Å²) in [6, 6.07) is 10.1. The average molecular weight is 765 g/mol. The van der Waals surface area contributed by atoms with Crippen molar-refractivity contribution in [3.63, 3.8) is 0 Å². The van der Waals surface area contributed by atoms with E-state index in [2.05, 4.69) is 56.9 Å². The average Bonchev–Trinajstić information content (AvgIpc) is 3.98. The first-order chi connectivity index (χ1) is 25.2. The quantitative estimate of drug-likeness (QED) is 0.113. The van der Waals surface area contributed by atoms with Crippen LogP contribution >= 0.6 is 15.9 Å². The number of fused-ring (bicyclic) bond motifs is 4. The molecule has 2 amide bonds. The second kappa shape index (κ2) is 12.3. The summed E-state index contributed by atoms with van der Waals surface area (Å²) >= 11 is 3.35. The molecule has 8 aromatic rings. The molecule has 0 atom stereocenters. The summed E-state index contributed by atoms with van der Waals surface area (Å²) in [4.78, 5) is 32.6. The number of halogens is 3. The van der Waals surface area contributed by atoms with Gasteiger partial charge in [-0.25, -0.2) is 18.7 Å². The van der Waals surface area contributed by atoms with E-state index in [4.69, 9.17) is 5.73 Å². The Morgan fingerprint density at radius 3 is 1.73 bits per heavy atom. The Labute approximate surface area is 300 Å². The van der Waals surface area contributed by atoms with Crippen molar-refractivity contribution in [1.82, 2.24) is 39.2 Å². The highest BCUT2D eigenvalue weighted by molar-refractivity contribution is 9.10. The molecule has 2 aliphatic carbocycles. The molecule has 0 radical (unpaired) electrons. The molecule has 260 valence electrons. The molecule has 0 saturated heterocycles. The number of amides is 2. The minimum Gasteiger partial charge on any atom is -0.396 e. The number of rotatable bonds is 6. The lowest BCUT2D eigenvalue weighted by atomic mass is 10.0. The third-order valence-corrected chi connectivity index (χ3v) is 10.0. The summed E-state index contributed by atoms with van der Waals surface area (Å²) in [7, 11) is 0. The summed E-state index contributed by atoms with van der Waals surface area (Å²) in [5.74, 6) is 0.403. The Morgan fingerprint density at radius 1 is 0.731 bits per heavy atom. The first-order valence-electron chi connectivity index (χ1n) is 16.5. The van der Waals surface area contributed by atoms with E-state index in [9.17, 15) is 18.4 Å². The first kappa shape index (κ1) is 31.8. The number of hydrogen-bond donors (Lipinski definition) is 5. The number of anilines is 3. The molecule has 13 nitrogen and oxygen atoms in total. The Morgan fingerprint density at radius 2 is 1.21 bits per heavy atom. The number of imidazole rings is 2. The lowest BCUT2D eigenvalue weighted by Gasteiger charge is -2.09. The molecule has 0 unspecified atom stereocenters. The van der Waals surface area contributed by atoms with E-state index < -0.39 is 5.82 Å². The van der Waals surface area contributed by atoms with Gasteiger partial charge in [0.25, 0.3) is 0 Å². The minimum atomic E-state index is -0.500. The number of carbonyl (C=O) groups is 2. The van der Waals surface area contributed by atoms with Crippen molar-refractivity contribution >= 4 is 78.2 Å². The Bertz CT molecular complexity index is 2540. The van der Waals surface area contributed by atoms with E-state index in [0.717, 1.165) is 47.6 Å². The first-order valence-corrected chi connectivity index (χ1v) is 17.3. The van der Waals surface area contributed by atoms with Gasteiger partial charge in [-0.15, -0.1) is 0 Å². The molecule has 0 spiro atoms. The summed E-state index contributed by atoms with van der Waals surface area (Å²) in [5, 5.41) is 20.8. The zero-order valence-corrected chi connectivity index (χ0v) is 28.7. The number of pyridine rings is 2. The standard InChI is InChI=1S/C18H13BrFN5O.C18H15FN6O/c19-17-12(20)5-13-11(6-21-24-13)16(17)10-3-4-15-22-14(8-25(15)7-10)23-18(26)9-1-2-9;19-12-5-13-11(6-21-24-13)16(17(12)20)10-3-4-15-22-14(8-25(15)7-10)23-18(26)9-1-2-9/h3-9H,1-2H2,(H,21,24)(H,23,26);3-9H,1-2,20H2,(H,21,24)(H,23,26). The largest absolute Gasteiger partial charge is 0.396 e. The molecule has 2 aromatic carbocycles. The molecule has 2 fully saturated rings. The van der Waals surface area contributed by atoms with Crippen LogP contribution in [0, 0.1) is 23.5 Å². The molecule has 6 N–H and O–H groups in total. The third kappa shape index (κ3) is 5.79. The smallest absolute Gasteiger partial charge is 0.228 e. The minimum absolute atomic E-state index is 0.00288. The second-order valence-corrected chi connectivity index (χ2v) is 13.8. The summed E-state index contributed by atoms with van der Waals surface area (Å²) in [6.45, 7) is 0. The van der Waals surface area contributed by atoms with Gasteiger partial charge in [-0.1, -0.05) is 0 Å². The van der Waals surface area contributed by atoms with E-state index in [0.29, 0.717) is 49.6 Å². The number of aromatic nitrogens is 8. The Balaban J connectivity index is 0.000000138. The Hall–Kier alpha value is -6.16. The molecule has 2 aliphatic rings. The van der Waals surface area contributed by atoms with Crippen LogP contribution in [0.25, 0.3) is 55.4 Å². The van der Waals surface area contributed by atoms with Gasteiger partial charge in [-0.3, -0.25) is 19.8 Å². The van der Waals surface area contributed by atoms with Crippen molar-refractivity contribution in [3.05, 3.63) is 89.7 Å². The SMILES string of the molecule is Nc1c(F)cc2[nH]ncc2c1-c1ccc2nc(NC(=O)C3CC3)cn2c1.O=C(Nc1cn2cc(-c3c(Br)c(F)cc4[nH]ncc34)ccc2n1)C1CC1. The second-order valence-electron chi connectivity index (χ2n) is 13.0. The van der Waals surface area contributed by atoms with Crippen LogP contribution in [-0.4, -0.2) is 51.0 Å². The van der Waals surface area contributed by atoms with Crippen LogP contribution in [-0.2, 0) is 9.59 Å². The van der Waals surface area contributed by atoms with E-state index in [1.54, 1.807) is 35.3 Å². The van der Waals surface area contributed by atoms with Gasteiger partial charge < -0.3 is 25.2 Å². The topological polar surface area (TPSA) is 176 Å². The van der Waals surface area contributed by atoms with E-state index in [1.165, 1.54) is 12.1 Å². The summed E-state index contributed by atoms with van der Waals surface area (Å²) < 4.78 is 32.4. The van der Waals surface area contributed by atoms with Gasteiger partial charge in [0.05, 0.1) is 46.0 Å². The monoisotopic (exact) mass is 763 g/mol. The van der Waals surface area contributed by atoms with Crippen molar-refractivity contribution < 1.29 is 18.4 Å². The van der Waals surface area contributed by atoms with E-state index >= 15 is 0 Å². The Kier molecular flexibility index (Phi) is 7.50. The molecule has 2 saturated carbocycles. The van der Waals surface area contributed by atoms with Gasteiger partial charge in [0.2, 0.25) is 11.8 Å². The molecule has 0 aliphatic heterocycles. The van der Waals surface area contributed by atoms with E-state index in [1.807, 2.05) is 35.0 Å². The van der Waals surface area contributed by atoms with Gasteiger partial charge in [0, 0.05) is 69.4 Å². The zero-order chi connectivity index (χ0) is 35.7. The number of aromatic amines is 2. The number of nitrogen functional groups attached to an aromatic ring is 1. The van der Waals surface area contributed by atoms with Crippen LogP contribution in [0.4, 0.5) is 26.1 Å². The molecule has 52 heavy (non-hydrogen) atoms. The van der Waals surface area contributed by atoms with Crippen molar-refractivity contribution in [2.75, 3.05) is 16.4 Å².